The number of nitrogens with zero attached hydrogens (tertiary/aromatic N) is 1. The van der Waals surface area contributed by atoms with Crippen LogP contribution >= 0.6 is 38.9 Å². The van der Waals surface area contributed by atoms with E-state index in [1.165, 1.54) is 4.88 Å². The van der Waals surface area contributed by atoms with Gasteiger partial charge in [-0.25, -0.2) is 4.98 Å². The predicted octanol–water partition coefficient (Wildman–Crippen LogP) is 4.14. The standard InChI is InChI=1S/C10H7BrClNOS/c11-9-4-7(12)5-13-10(9)14-6-8-2-1-3-15-8/h1-5H,6H2. The van der Waals surface area contributed by atoms with Crippen molar-refractivity contribution in [2.45, 2.75) is 6.61 Å². The molecule has 2 nitrogen and oxygen atoms in total. The SMILES string of the molecule is Clc1cnc(OCc2cccs2)c(Br)c1. The Morgan fingerprint density at radius 1 is 1.53 bits per heavy atom. The van der Waals surface area contributed by atoms with E-state index >= 15 is 0 Å². The first kappa shape index (κ1) is 10.9. The largest absolute Gasteiger partial charge is 0.471 e. The van der Waals surface area contributed by atoms with E-state index in [1.54, 1.807) is 23.6 Å². The Balaban J connectivity index is 2.05. The molecule has 78 valence electrons. The van der Waals surface area contributed by atoms with Gasteiger partial charge in [-0.15, -0.1) is 11.3 Å². The highest BCUT2D eigenvalue weighted by Crippen LogP contribution is 2.26. The van der Waals surface area contributed by atoms with Gasteiger partial charge in [0.25, 0.3) is 0 Å². The Kier molecular flexibility index (Phi) is 3.61. The minimum absolute atomic E-state index is 0.533. The molecule has 0 fully saturated rings. The molecule has 2 aromatic rings. The van der Waals surface area contributed by atoms with Crippen molar-refractivity contribution in [3.05, 3.63) is 44.1 Å². The molecule has 0 N–H and O–H groups in total. The first-order valence-corrected chi connectivity index (χ1v) is 6.27. The Hall–Kier alpha value is -0.580. The average Bonchev–Trinajstić information content (AvgIpc) is 2.69. The zero-order valence-corrected chi connectivity index (χ0v) is 10.8. The maximum absolute atomic E-state index is 5.77. The molecule has 5 heteroatoms. The van der Waals surface area contributed by atoms with E-state index in [0.29, 0.717) is 17.5 Å². The Morgan fingerprint density at radius 2 is 2.40 bits per heavy atom. The van der Waals surface area contributed by atoms with Crippen LogP contribution in [0.2, 0.25) is 5.02 Å². The van der Waals surface area contributed by atoms with Gasteiger partial charge in [-0.2, -0.15) is 0 Å². The molecular formula is C10H7BrClNOS. The van der Waals surface area contributed by atoms with Crippen molar-refractivity contribution in [2.75, 3.05) is 0 Å². The number of halogens is 2. The summed E-state index contributed by atoms with van der Waals surface area (Å²) in [6.45, 7) is 0.533. The first-order valence-electron chi connectivity index (χ1n) is 4.22. The molecule has 2 aromatic heterocycles. The van der Waals surface area contributed by atoms with Gasteiger partial charge < -0.3 is 4.74 Å². The maximum atomic E-state index is 5.77. The number of hydrogen-bond donors (Lipinski definition) is 0. The number of rotatable bonds is 3. The first-order chi connectivity index (χ1) is 7.25. The van der Waals surface area contributed by atoms with Crippen LogP contribution in [0.5, 0.6) is 5.88 Å². The topological polar surface area (TPSA) is 22.1 Å². The van der Waals surface area contributed by atoms with Crippen molar-refractivity contribution >= 4 is 38.9 Å². The summed E-state index contributed by atoms with van der Waals surface area (Å²) in [5.41, 5.74) is 0. The lowest BCUT2D eigenvalue weighted by Crippen LogP contribution is -1.95. The van der Waals surface area contributed by atoms with Crippen LogP contribution < -0.4 is 4.74 Å². The summed E-state index contributed by atoms with van der Waals surface area (Å²) in [6.07, 6.45) is 1.57. The van der Waals surface area contributed by atoms with Gasteiger partial charge in [-0.05, 0) is 33.4 Å². The van der Waals surface area contributed by atoms with E-state index in [1.807, 2.05) is 17.5 Å². The predicted molar refractivity (Wildman–Crippen MR) is 65.6 cm³/mol. The quantitative estimate of drug-likeness (QED) is 0.850. The van der Waals surface area contributed by atoms with Crippen LogP contribution in [-0.2, 0) is 6.61 Å². The van der Waals surface area contributed by atoms with Crippen molar-refractivity contribution in [3.63, 3.8) is 0 Å². The van der Waals surface area contributed by atoms with E-state index in [9.17, 15) is 0 Å². The molecule has 0 unspecified atom stereocenters. The molecular weight excluding hydrogens is 298 g/mol. The number of ether oxygens (including phenoxy) is 1. The van der Waals surface area contributed by atoms with Crippen LogP contribution in [0, 0.1) is 0 Å². The summed E-state index contributed by atoms with van der Waals surface area (Å²) < 4.78 is 6.30. The Bertz CT molecular complexity index is 447. The van der Waals surface area contributed by atoms with E-state index < -0.39 is 0 Å². The van der Waals surface area contributed by atoms with Gasteiger partial charge >= 0.3 is 0 Å². The second-order valence-corrected chi connectivity index (χ2v) is 5.13. The fourth-order valence-corrected chi connectivity index (χ4v) is 2.41. The zero-order valence-electron chi connectivity index (χ0n) is 7.61. The van der Waals surface area contributed by atoms with Crippen LogP contribution in [0.3, 0.4) is 0 Å². The monoisotopic (exact) mass is 303 g/mol. The summed E-state index contributed by atoms with van der Waals surface area (Å²) in [5.74, 6) is 0.563. The third-order valence-corrected chi connectivity index (χ3v) is 3.33. The molecule has 2 heterocycles. The Labute approximate surface area is 105 Å². The smallest absolute Gasteiger partial charge is 0.228 e. The number of hydrogen-bond acceptors (Lipinski definition) is 3. The molecule has 0 spiro atoms. The van der Waals surface area contributed by atoms with Crippen LogP contribution in [0.15, 0.2) is 34.2 Å². The zero-order chi connectivity index (χ0) is 10.7. The molecule has 0 bridgehead atoms. The molecule has 0 saturated carbocycles. The maximum Gasteiger partial charge on any atom is 0.228 e. The van der Waals surface area contributed by atoms with Gasteiger partial charge in [0.15, 0.2) is 0 Å². The number of pyridine rings is 1. The van der Waals surface area contributed by atoms with Crippen LogP contribution in [0.1, 0.15) is 4.88 Å². The fraction of sp³-hybridized carbons (Fsp3) is 0.100. The highest BCUT2D eigenvalue weighted by molar-refractivity contribution is 9.10. The van der Waals surface area contributed by atoms with Gasteiger partial charge in [-0.1, -0.05) is 17.7 Å². The van der Waals surface area contributed by atoms with Crippen LogP contribution in [0.25, 0.3) is 0 Å². The molecule has 15 heavy (non-hydrogen) atoms. The van der Waals surface area contributed by atoms with E-state index in [0.717, 1.165) is 4.47 Å². The van der Waals surface area contributed by atoms with Crippen molar-refractivity contribution < 1.29 is 4.74 Å². The number of aromatic nitrogens is 1. The van der Waals surface area contributed by atoms with Gasteiger partial charge in [0, 0.05) is 11.1 Å². The lowest BCUT2D eigenvalue weighted by atomic mass is 10.5. The van der Waals surface area contributed by atoms with Crippen molar-refractivity contribution in [2.24, 2.45) is 0 Å². The highest BCUT2D eigenvalue weighted by atomic mass is 79.9. The van der Waals surface area contributed by atoms with Gasteiger partial charge in [0.05, 0.1) is 9.50 Å². The lowest BCUT2D eigenvalue weighted by molar-refractivity contribution is 0.295. The summed E-state index contributed by atoms with van der Waals surface area (Å²) in [7, 11) is 0. The summed E-state index contributed by atoms with van der Waals surface area (Å²) in [5, 5.41) is 2.61. The molecule has 0 saturated heterocycles. The molecule has 0 radical (unpaired) electrons. The molecule has 2 rings (SSSR count). The van der Waals surface area contributed by atoms with Gasteiger partial charge in [0.1, 0.15) is 6.61 Å². The van der Waals surface area contributed by atoms with Crippen molar-refractivity contribution in [3.8, 4) is 5.88 Å². The van der Waals surface area contributed by atoms with Gasteiger partial charge in [-0.3, -0.25) is 0 Å². The third kappa shape index (κ3) is 2.93. The summed E-state index contributed by atoms with van der Waals surface area (Å²) in [6, 6.07) is 5.78. The van der Waals surface area contributed by atoms with Crippen molar-refractivity contribution in [1.29, 1.82) is 0 Å². The van der Waals surface area contributed by atoms with Crippen molar-refractivity contribution in [1.82, 2.24) is 4.98 Å². The van der Waals surface area contributed by atoms with E-state index in [2.05, 4.69) is 20.9 Å². The number of thiophene rings is 1. The highest BCUT2D eigenvalue weighted by Gasteiger charge is 2.04. The molecule has 0 aliphatic heterocycles. The van der Waals surface area contributed by atoms with Gasteiger partial charge in [0.2, 0.25) is 5.88 Å². The summed E-state index contributed by atoms with van der Waals surface area (Å²) >= 11 is 10.8. The molecule has 0 aromatic carbocycles. The second kappa shape index (κ2) is 4.96. The minimum Gasteiger partial charge on any atom is -0.471 e. The summed E-state index contributed by atoms with van der Waals surface area (Å²) in [4.78, 5) is 5.25. The Morgan fingerprint density at radius 3 is 3.07 bits per heavy atom. The molecule has 0 aliphatic rings. The normalized spacial score (nSPS) is 10.3. The fourth-order valence-electron chi connectivity index (χ4n) is 1.04. The molecule has 0 aliphatic carbocycles. The second-order valence-electron chi connectivity index (χ2n) is 2.81. The third-order valence-electron chi connectivity index (χ3n) is 1.71. The minimum atomic E-state index is 0.533. The lowest BCUT2D eigenvalue weighted by Gasteiger charge is -2.05. The molecule has 0 amide bonds. The van der Waals surface area contributed by atoms with Crippen LogP contribution in [-0.4, -0.2) is 4.98 Å². The molecule has 0 atom stereocenters. The average molecular weight is 305 g/mol. The van der Waals surface area contributed by atoms with E-state index in [4.69, 9.17) is 16.3 Å². The van der Waals surface area contributed by atoms with E-state index in [-0.39, 0.29) is 0 Å². The van der Waals surface area contributed by atoms with Crippen LogP contribution in [0.4, 0.5) is 0 Å².